The minimum atomic E-state index is -3.45. The number of rotatable bonds is 6. The van der Waals surface area contributed by atoms with E-state index in [1.807, 2.05) is 0 Å². The smallest absolute Gasteiger partial charge is 0.279 e. The summed E-state index contributed by atoms with van der Waals surface area (Å²) in [6.07, 6.45) is 1.43. The topological polar surface area (TPSA) is 95.6 Å². The molecule has 1 fully saturated rings. The number of hydrogen-bond acceptors (Lipinski definition) is 5. The molecule has 0 aromatic carbocycles. The van der Waals surface area contributed by atoms with Crippen molar-refractivity contribution in [3.05, 3.63) is 0 Å². The van der Waals surface area contributed by atoms with Crippen molar-refractivity contribution in [2.45, 2.75) is 6.42 Å². The minimum absolute atomic E-state index is 0.00290. The van der Waals surface area contributed by atoms with Gasteiger partial charge in [0.15, 0.2) is 0 Å². The maximum atomic E-state index is 11.7. The Morgan fingerprint density at radius 3 is 2.29 bits per heavy atom. The maximum Gasteiger partial charge on any atom is 0.279 e. The van der Waals surface area contributed by atoms with Crippen LogP contribution in [0.2, 0.25) is 0 Å². The third kappa shape index (κ3) is 5.77. The van der Waals surface area contributed by atoms with Crippen molar-refractivity contribution in [3.8, 4) is 0 Å². The highest BCUT2D eigenvalue weighted by molar-refractivity contribution is 7.90. The molecule has 0 atom stereocenters. The molecule has 9 heteroatoms. The summed E-state index contributed by atoms with van der Waals surface area (Å²) >= 11 is 0. The van der Waals surface area contributed by atoms with Crippen LogP contribution in [0.5, 0.6) is 0 Å². The second-order valence-corrected chi connectivity index (χ2v) is 8.05. The zero-order chi connectivity index (χ0) is 12.9. The van der Waals surface area contributed by atoms with Gasteiger partial charge in [0.1, 0.15) is 9.84 Å². The van der Waals surface area contributed by atoms with Gasteiger partial charge in [0.2, 0.25) is 0 Å². The molecule has 1 aliphatic rings. The fourth-order valence-corrected chi connectivity index (χ4v) is 3.43. The van der Waals surface area contributed by atoms with E-state index < -0.39 is 20.0 Å². The summed E-state index contributed by atoms with van der Waals surface area (Å²) in [6.45, 7) is 2.33. The first-order valence-electron chi connectivity index (χ1n) is 5.44. The molecule has 2 N–H and O–H groups in total. The van der Waals surface area contributed by atoms with E-state index in [1.165, 1.54) is 4.31 Å². The van der Waals surface area contributed by atoms with Crippen LogP contribution in [0.4, 0.5) is 0 Å². The number of nitrogens with zero attached hydrogens (tertiary/aromatic N) is 1. The molecule has 0 aromatic rings. The molecule has 0 amide bonds. The molecule has 17 heavy (non-hydrogen) atoms. The summed E-state index contributed by atoms with van der Waals surface area (Å²) in [7, 11) is -6.48. The van der Waals surface area contributed by atoms with Gasteiger partial charge in [-0.3, -0.25) is 0 Å². The molecule has 1 saturated heterocycles. The van der Waals surface area contributed by atoms with Crippen LogP contribution in [-0.4, -0.2) is 65.9 Å². The molecule has 0 aromatic heterocycles. The lowest BCUT2D eigenvalue weighted by Gasteiger charge is -2.26. The Labute approximate surface area is 103 Å². The second-order valence-electron chi connectivity index (χ2n) is 4.03. The average Bonchev–Trinajstić information content (AvgIpc) is 2.25. The predicted octanol–water partition coefficient (Wildman–Crippen LogP) is -1.84. The Morgan fingerprint density at radius 1 is 1.18 bits per heavy atom. The molecular weight excluding hydrogens is 266 g/mol. The summed E-state index contributed by atoms with van der Waals surface area (Å²) in [5.74, 6) is -0.00290. The monoisotopic (exact) mass is 285 g/mol. The predicted molar refractivity (Wildman–Crippen MR) is 65.7 cm³/mol. The third-order valence-corrected chi connectivity index (χ3v) is 5.04. The lowest BCUT2D eigenvalue weighted by Crippen LogP contribution is -2.50. The van der Waals surface area contributed by atoms with Crippen LogP contribution in [0.15, 0.2) is 0 Å². The first-order valence-corrected chi connectivity index (χ1v) is 8.94. The standard InChI is InChI=1S/C8H19N3O4S2/c1-16(12,13)8-2-3-10-17(14,15)11-6-4-9-5-7-11/h9-10H,2-8H2,1H3. The molecule has 102 valence electrons. The quantitative estimate of drug-likeness (QED) is 0.559. The molecule has 0 unspecified atom stereocenters. The van der Waals surface area contributed by atoms with E-state index >= 15 is 0 Å². The number of hydrogen-bond donors (Lipinski definition) is 2. The highest BCUT2D eigenvalue weighted by Gasteiger charge is 2.22. The summed E-state index contributed by atoms with van der Waals surface area (Å²) in [6, 6.07) is 0. The van der Waals surface area contributed by atoms with Gasteiger partial charge in [0.25, 0.3) is 10.2 Å². The molecule has 1 heterocycles. The molecular formula is C8H19N3O4S2. The van der Waals surface area contributed by atoms with Gasteiger partial charge < -0.3 is 5.32 Å². The van der Waals surface area contributed by atoms with E-state index in [9.17, 15) is 16.8 Å². The first-order chi connectivity index (χ1) is 7.81. The molecule has 0 aliphatic carbocycles. The van der Waals surface area contributed by atoms with Crippen LogP contribution >= 0.6 is 0 Å². The summed E-state index contributed by atoms with van der Waals surface area (Å²) in [5, 5.41) is 3.06. The molecule has 0 saturated carbocycles. The Bertz CT molecular complexity index is 426. The molecule has 1 rings (SSSR count). The van der Waals surface area contributed by atoms with E-state index in [2.05, 4.69) is 10.0 Å². The minimum Gasteiger partial charge on any atom is -0.314 e. The number of nitrogens with one attached hydrogen (secondary N) is 2. The van der Waals surface area contributed by atoms with Gasteiger partial charge in [-0.15, -0.1) is 0 Å². The van der Waals surface area contributed by atoms with Crippen molar-refractivity contribution in [2.75, 3.05) is 44.7 Å². The molecule has 0 spiro atoms. The molecule has 0 bridgehead atoms. The third-order valence-electron chi connectivity index (χ3n) is 2.39. The van der Waals surface area contributed by atoms with Gasteiger partial charge in [0.05, 0.1) is 5.75 Å². The maximum absolute atomic E-state index is 11.7. The van der Waals surface area contributed by atoms with Crippen LogP contribution in [-0.2, 0) is 20.0 Å². The van der Waals surface area contributed by atoms with Crippen molar-refractivity contribution in [1.29, 1.82) is 0 Å². The lowest BCUT2D eigenvalue weighted by molar-refractivity contribution is 0.355. The van der Waals surface area contributed by atoms with Crippen LogP contribution in [0.25, 0.3) is 0 Å². The second kappa shape index (κ2) is 6.10. The summed E-state index contributed by atoms with van der Waals surface area (Å²) in [5.41, 5.74) is 0. The Morgan fingerprint density at radius 2 is 1.76 bits per heavy atom. The van der Waals surface area contributed by atoms with Crippen LogP contribution in [0, 0.1) is 0 Å². The van der Waals surface area contributed by atoms with Crippen molar-refractivity contribution >= 4 is 20.0 Å². The first kappa shape index (κ1) is 14.8. The average molecular weight is 285 g/mol. The van der Waals surface area contributed by atoms with Crippen LogP contribution < -0.4 is 10.0 Å². The Balaban J connectivity index is 2.34. The Kier molecular flexibility index (Phi) is 5.32. The van der Waals surface area contributed by atoms with E-state index in [0.29, 0.717) is 32.6 Å². The Hall–Kier alpha value is -0.220. The van der Waals surface area contributed by atoms with Gasteiger partial charge in [-0.2, -0.15) is 12.7 Å². The number of sulfone groups is 1. The van der Waals surface area contributed by atoms with Gasteiger partial charge in [-0.25, -0.2) is 13.1 Å². The lowest BCUT2D eigenvalue weighted by atomic mass is 10.4. The van der Waals surface area contributed by atoms with Crippen LogP contribution in [0.1, 0.15) is 6.42 Å². The summed E-state index contributed by atoms with van der Waals surface area (Å²) in [4.78, 5) is 0. The van der Waals surface area contributed by atoms with E-state index in [0.717, 1.165) is 6.26 Å². The van der Waals surface area contributed by atoms with E-state index in [1.54, 1.807) is 0 Å². The summed E-state index contributed by atoms with van der Waals surface area (Å²) < 4.78 is 49.0. The normalized spacial score (nSPS) is 19.4. The zero-order valence-corrected chi connectivity index (χ0v) is 11.5. The fraction of sp³-hybridized carbons (Fsp3) is 1.00. The van der Waals surface area contributed by atoms with Gasteiger partial charge >= 0.3 is 0 Å². The van der Waals surface area contributed by atoms with Crippen molar-refractivity contribution in [2.24, 2.45) is 0 Å². The van der Waals surface area contributed by atoms with Gasteiger partial charge in [0, 0.05) is 39.0 Å². The van der Waals surface area contributed by atoms with E-state index in [-0.39, 0.29) is 12.3 Å². The highest BCUT2D eigenvalue weighted by Crippen LogP contribution is 2.00. The van der Waals surface area contributed by atoms with Gasteiger partial charge in [-0.05, 0) is 6.42 Å². The zero-order valence-electron chi connectivity index (χ0n) is 9.85. The van der Waals surface area contributed by atoms with Crippen molar-refractivity contribution in [3.63, 3.8) is 0 Å². The van der Waals surface area contributed by atoms with E-state index in [4.69, 9.17) is 0 Å². The fourth-order valence-electron chi connectivity index (χ4n) is 1.51. The SMILES string of the molecule is CS(=O)(=O)CCCNS(=O)(=O)N1CCNCC1. The van der Waals surface area contributed by atoms with Gasteiger partial charge in [-0.1, -0.05) is 0 Å². The molecule has 0 radical (unpaired) electrons. The molecule has 1 aliphatic heterocycles. The van der Waals surface area contributed by atoms with Crippen molar-refractivity contribution in [1.82, 2.24) is 14.3 Å². The molecule has 7 nitrogen and oxygen atoms in total. The number of piperazine rings is 1. The highest BCUT2D eigenvalue weighted by atomic mass is 32.2. The largest absolute Gasteiger partial charge is 0.314 e. The van der Waals surface area contributed by atoms with Crippen LogP contribution in [0.3, 0.4) is 0 Å². The van der Waals surface area contributed by atoms with Crippen molar-refractivity contribution < 1.29 is 16.8 Å².